The molecule has 6 nitrogen and oxygen atoms in total. The minimum atomic E-state index is 0.494. The summed E-state index contributed by atoms with van der Waals surface area (Å²) in [6, 6.07) is 48.1. The molecule has 0 radical (unpaired) electrons. The highest BCUT2D eigenvalue weighted by molar-refractivity contribution is 5.75. The van der Waals surface area contributed by atoms with Crippen LogP contribution in [0.1, 0.15) is 251 Å². The van der Waals surface area contributed by atoms with Gasteiger partial charge in [0.2, 0.25) is 0 Å². The Morgan fingerprint density at radius 3 is 0.701 bits per heavy atom. The van der Waals surface area contributed by atoms with Crippen molar-refractivity contribution < 1.29 is 28.4 Å². The first kappa shape index (κ1) is 70.5. The second-order valence-corrected chi connectivity index (χ2v) is 24.6. The smallest absolute Gasteiger partial charge is 0.119 e. The van der Waals surface area contributed by atoms with Crippen molar-refractivity contribution in [2.24, 2.45) is 0 Å². The van der Waals surface area contributed by atoms with Gasteiger partial charge in [-0.25, -0.2) is 0 Å². The fourth-order valence-electron chi connectivity index (χ4n) is 11.6. The summed E-state index contributed by atoms with van der Waals surface area (Å²) in [4.78, 5) is 0. The molecule has 0 saturated heterocycles. The zero-order valence-corrected chi connectivity index (χ0v) is 55.1. The molecule has 476 valence electrons. The predicted octanol–water partition coefficient (Wildman–Crippen LogP) is 24.6. The molecule has 6 heteroatoms. The molecule has 6 aromatic carbocycles. The van der Waals surface area contributed by atoms with Crippen LogP contribution in [0.5, 0.6) is 23.0 Å². The SMILES string of the molecule is CCCCCCCCCCOc1ccc(-c2ccc(-c3ccc(OCCCCCCCCCC)cc3)c(COCCCOCc3cc(-c4ccc(OCCCCCCCCCC)cc4)ccc3-c3ccc(OCCCCCCCCCC)cc3)c2)cc1. The van der Waals surface area contributed by atoms with Gasteiger partial charge in [-0.1, -0.05) is 280 Å². The summed E-state index contributed by atoms with van der Waals surface area (Å²) in [5.41, 5.74) is 11.6. The van der Waals surface area contributed by atoms with Crippen molar-refractivity contribution in [1.29, 1.82) is 0 Å². The molecule has 0 aromatic heterocycles. The third-order valence-electron chi connectivity index (χ3n) is 17.1. The molecule has 6 aromatic rings. The average molecular weight is 1190 g/mol. The molecule has 0 bridgehead atoms. The van der Waals surface area contributed by atoms with Crippen LogP contribution in [-0.4, -0.2) is 39.6 Å². The fourth-order valence-corrected chi connectivity index (χ4v) is 11.6. The predicted molar refractivity (Wildman–Crippen MR) is 371 cm³/mol. The Bertz CT molecular complexity index is 2440. The highest BCUT2D eigenvalue weighted by atomic mass is 16.5. The summed E-state index contributed by atoms with van der Waals surface area (Å²) in [6.45, 7) is 14.3. The van der Waals surface area contributed by atoms with Crippen LogP contribution in [0.3, 0.4) is 0 Å². The summed E-state index contributed by atoms with van der Waals surface area (Å²) in [5, 5.41) is 0. The van der Waals surface area contributed by atoms with Crippen molar-refractivity contribution in [3.63, 3.8) is 0 Å². The molecule has 0 heterocycles. The lowest BCUT2D eigenvalue weighted by Crippen LogP contribution is -2.03. The highest BCUT2D eigenvalue weighted by Gasteiger charge is 2.13. The van der Waals surface area contributed by atoms with E-state index in [0.29, 0.717) is 26.4 Å². The van der Waals surface area contributed by atoms with E-state index in [4.69, 9.17) is 28.4 Å². The van der Waals surface area contributed by atoms with E-state index >= 15 is 0 Å². The summed E-state index contributed by atoms with van der Waals surface area (Å²) in [6.07, 6.45) is 42.2. The molecular formula is C81H116O6. The monoisotopic (exact) mass is 1180 g/mol. The van der Waals surface area contributed by atoms with Crippen LogP contribution >= 0.6 is 0 Å². The van der Waals surface area contributed by atoms with E-state index < -0.39 is 0 Å². The Morgan fingerprint density at radius 2 is 0.437 bits per heavy atom. The van der Waals surface area contributed by atoms with Gasteiger partial charge in [0, 0.05) is 13.2 Å². The van der Waals surface area contributed by atoms with E-state index in [-0.39, 0.29) is 0 Å². The Labute approximate surface area is 530 Å². The molecule has 87 heavy (non-hydrogen) atoms. The van der Waals surface area contributed by atoms with E-state index in [1.54, 1.807) is 0 Å². The molecule has 0 unspecified atom stereocenters. The first-order chi connectivity index (χ1) is 43.1. The van der Waals surface area contributed by atoms with Gasteiger partial charge in [-0.15, -0.1) is 0 Å². The van der Waals surface area contributed by atoms with Crippen LogP contribution in [0, 0.1) is 0 Å². The van der Waals surface area contributed by atoms with Gasteiger partial charge in [-0.05, 0) is 148 Å². The van der Waals surface area contributed by atoms with Crippen LogP contribution in [0.4, 0.5) is 0 Å². The number of rotatable bonds is 52. The van der Waals surface area contributed by atoms with Gasteiger partial charge in [-0.2, -0.15) is 0 Å². The Morgan fingerprint density at radius 1 is 0.207 bits per heavy atom. The Hall–Kier alpha value is -5.56. The topological polar surface area (TPSA) is 55.4 Å². The maximum Gasteiger partial charge on any atom is 0.119 e. The van der Waals surface area contributed by atoms with Gasteiger partial charge >= 0.3 is 0 Å². The van der Waals surface area contributed by atoms with Crippen molar-refractivity contribution in [3.8, 4) is 67.5 Å². The lowest BCUT2D eigenvalue weighted by Gasteiger charge is -2.15. The fraction of sp³-hybridized carbons (Fsp3) is 0.556. The Balaban J connectivity index is 1.06. The van der Waals surface area contributed by atoms with Crippen LogP contribution in [0.2, 0.25) is 0 Å². The largest absolute Gasteiger partial charge is 0.494 e. The third kappa shape index (κ3) is 29.1. The van der Waals surface area contributed by atoms with Crippen molar-refractivity contribution in [3.05, 3.63) is 145 Å². The number of benzene rings is 6. The van der Waals surface area contributed by atoms with Gasteiger partial charge in [0.25, 0.3) is 0 Å². The second kappa shape index (κ2) is 45.7. The zero-order chi connectivity index (χ0) is 60.9. The van der Waals surface area contributed by atoms with Crippen LogP contribution in [-0.2, 0) is 22.7 Å². The molecule has 0 fully saturated rings. The summed E-state index contributed by atoms with van der Waals surface area (Å²) in [7, 11) is 0. The number of ether oxygens (including phenoxy) is 6. The number of hydrogen-bond donors (Lipinski definition) is 0. The van der Waals surface area contributed by atoms with E-state index in [9.17, 15) is 0 Å². The molecule has 6 rings (SSSR count). The molecule has 0 aliphatic carbocycles. The van der Waals surface area contributed by atoms with E-state index in [2.05, 4.69) is 161 Å². The zero-order valence-electron chi connectivity index (χ0n) is 55.1. The van der Waals surface area contributed by atoms with Crippen LogP contribution in [0.25, 0.3) is 44.5 Å². The van der Waals surface area contributed by atoms with Gasteiger partial charge in [0.1, 0.15) is 23.0 Å². The van der Waals surface area contributed by atoms with E-state index in [1.807, 2.05) is 0 Å². The van der Waals surface area contributed by atoms with Crippen molar-refractivity contribution in [2.75, 3.05) is 39.6 Å². The van der Waals surface area contributed by atoms with Crippen molar-refractivity contribution in [1.82, 2.24) is 0 Å². The van der Waals surface area contributed by atoms with Gasteiger partial charge in [0.15, 0.2) is 0 Å². The summed E-state index contributed by atoms with van der Waals surface area (Å²) in [5.74, 6) is 3.72. The first-order valence-electron chi connectivity index (χ1n) is 35.4. The van der Waals surface area contributed by atoms with E-state index in [0.717, 1.165) is 126 Å². The lowest BCUT2D eigenvalue weighted by molar-refractivity contribution is 0.0698. The van der Waals surface area contributed by atoms with Crippen LogP contribution in [0.15, 0.2) is 133 Å². The van der Waals surface area contributed by atoms with Crippen molar-refractivity contribution in [2.45, 2.75) is 253 Å². The third-order valence-corrected chi connectivity index (χ3v) is 17.1. The highest BCUT2D eigenvalue weighted by Crippen LogP contribution is 2.34. The molecule has 0 aliphatic rings. The molecule has 0 saturated carbocycles. The molecular weight excluding hydrogens is 1070 g/mol. The molecule has 0 spiro atoms. The van der Waals surface area contributed by atoms with Crippen LogP contribution < -0.4 is 18.9 Å². The maximum atomic E-state index is 6.54. The quantitative estimate of drug-likeness (QED) is 0.0355. The first-order valence-corrected chi connectivity index (χ1v) is 35.4. The minimum Gasteiger partial charge on any atom is -0.494 e. The van der Waals surface area contributed by atoms with Gasteiger partial charge in [-0.3, -0.25) is 0 Å². The lowest BCUT2D eigenvalue weighted by atomic mass is 9.95. The second-order valence-electron chi connectivity index (χ2n) is 24.6. The molecule has 0 N–H and O–H groups in total. The van der Waals surface area contributed by atoms with Crippen molar-refractivity contribution >= 4 is 0 Å². The van der Waals surface area contributed by atoms with Gasteiger partial charge in [0.05, 0.1) is 39.6 Å². The summed E-state index contributed by atoms with van der Waals surface area (Å²) < 4.78 is 37.9. The minimum absolute atomic E-state index is 0.494. The average Bonchev–Trinajstić information content (AvgIpc) is 1.84. The number of unbranched alkanes of at least 4 members (excludes halogenated alkanes) is 28. The molecule has 0 amide bonds. The van der Waals surface area contributed by atoms with E-state index in [1.165, 1.54) is 191 Å². The summed E-state index contributed by atoms with van der Waals surface area (Å²) >= 11 is 0. The maximum absolute atomic E-state index is 6.54. The Kier molecular flexibility index (Phi) is 37.0. The molecule has 0 atom stereocenters. The standard InChI is InChI=1S/C81H116O6/c1-5-9-13-17-21-25-29-33-60-84-76-48-38-68(39-49-76)72-46-56-80(70-42-52-78(53-43-70)86-62-35-31-27-23-19-15-11-7-3)74(64-72)66-82-58-37-59-83-67-75-65-73(69-40-50-77(51-41-69)85-61-34-30-26-22-18-14-10-6-2)47-57-81(75)71-44-54-79(55-45-71)87-63-36-32-28-24-20-16-12-8-4/h38-57,64-65H,5-37,58-63,66-67H2,1-4H3. The normalized spacial score (nSPS) is 11.4. The number of hydrogen-bond acceptors (Lipinski definition) is 6. The molecule has 0 aliphatic heterocycles. The van der Waals surface area contributed by atoms with Gasteiger partial charge < -0.3 is 28.4 Å².